The predicted molar refractivity (Wildman–Crippen MR) is 137 cm³/mol. The van der Waals surface area contributed by atoms with E-state index >= 15 is 0 Å². The van der Waals surface area contributed by atoms with Crippen LogP contribution in [-0.4, -0.2) is 37.9 Å². The second-order valence-electron chi connectivity index (χ2n) is 8.46. The van der Waals surface area contributed by atoms with Crippen LogP contribution in [0.2, 0.25) is 0 Å². The largest absolute Gasteiger partial charge is 0.494 e. The van der Waals surface area contributed by atoms with Crippen molar-refractivity contribution in [3.05, 3.63) is 59.5 Å². The number of nitrogens with one attached hydrogen (secondary N) is 2. The molecule has 0 aliphatic heterocycles. The number of nitrogen functional groups attached to an aromatic ring is 1. The molecule has 174 valence electrons. The van der Waals surface area contributed by atoms with Gasteiger partial charge in [0, 0.05) is 47.3 Å². The van der Waals surface area contributed by atoms with Gasteiger partial charge in [-0.2, -0.15) is 10.1 Å². The fourth-order valence-electron chi connectivity index (χ4n) is 4.45. The van der Waals surface area contributed by atoms with Gasteiger partial charge in [-0.3, -0.25) is 4.68 Å². The summed E-state index contributed by atoms with van der Waals surface area (Å²) in [4.78, 5) is 12.5. The number of rotatable bonds is 7. The molecule has 3 aromatic heterocycles. The zero-order chi connectivity index (χ0) is 23.8. The van der Waals surface area contributed by atoms with Crippen molar-refractivity contribution < 1.29 is 4.74 Å². The SMILES string of the molecule is CCOc1ccc2[nH]cc(CCNc3nc(C)c(-c4ccc5c(C)n(C)nc5c4)c(N)n3)c2c1. The molecule has 8 nitrogen and oxygen atoms in total. The average Bonchev–Trinajstić information content (AvgIpc) is 3.33. The van der Waals surface area contributed by atoms with Gasteiger partial charge in [0.2, 0.25) is 5.95 Å². The number of benzene rings is 2. The average molecular weight is 456 g/mol. The first-order valence-electron chi connectivity index (χ1n) is 11.5. The van der Waals surface area contributed by atoms with E-state index in [0.29, 0.717) is 24.9 Å². The van der Waals surface area contributed by atoms with E-state index in [0.717, 1.165) is 51.1 Å². The molecule has 5 aromatic rings. The molecule has 0 saturated carbocycles. The summed E-state index contributed by atoms with van der Waals surface area (Å²) in [7, 11) is 1.95. The van der Waals surface area contributed by atoms with Gasteiger partial charge in [0.1, 0.15) is 11.6 Å². The predicted octanol–water partition coefficient (Wildman–Crippen LogP) is 4.76. The monoisotopic (exact) mass is 455 g/mol. The molecule has 2 aromatic carbocycles. The number of anilines is 2. The van der Waals surface area contributed by atoms with Gasteiger partial charge in [-0.1, -0.05) is 12.1 Å². The molecule has 34 heavy (non-hydrogen) atoms. The molecule has 0 fully saturated rings. The maximum atomic E-state index is 6.38. The first kappa shape index (κ1) is 21.8. The van der Waals surface area contributed by atoms with E-state index in [1.54, 1.807) is 0 Å². The molecule has 0 spiro atoms. The Kier molecular flexibility index (Phi) is 5.57. The van der Waals surface area contributed by atoms with E-state index in [1.807, 2.05) is 50.0 Å². The quantitative estimate of drug-likeness (QED) is 0.327. The first-order valence-corrected chi connectivity index (χ1v) is 11.5. The zero-order valence-electron chi connectivity index (χ0n) is 19.9. The van der Waals surface area contributed by atoms with E-state index in [2.05, 4.69) is 50.5 Å². The van der Waals surface area contributed by atoms with Crippen LogP contribution in [0.3, 0.4) is 0 Å². The van der Waals surface area contributed by atoms with Crippen molar-refractivity contribution in [3.63, 3.8) is 0 Å². The van der Waals surface area contributed by atoms with Crippen molar-refractivity contribution in [2.24, 2.45) is 7.05 Å². The minimum absolute atomic E-state index is 0.454. The summed E-state index contributed by atoms with van der Waals surface area (Å²) >= 11 is 0. The lowest BCUT2D eigenvalue weighted by atomic mass is 10.0. The van der Waals surface area contributed by atoms with Gasteiger partial charge in [0.15, 0.2) is 0 Å². The molecule has 0 aliphatic carbocycles. The molecule has 4 N–H and O–H groups in total. The van der Waals surface area contributed by atoms with Gasteiger partial charge in [-0.25, -0.2) is 4.98 Å². The highest BCUT2D eigenvalue weighted by molar-refractivity contribution is 5.89. The van der Waals surface area contributed by atoms with Crippen molar-refractivity contribution >= 4 is 33.6 Å². The van der Waals surface area contributed by atoms with Gasteiger partial charge < -0.3 is 20.8 Å². The molecule has 0 bridgehead atoms. The Morgan fingerprint density at radius 1 is 1.09 bits per heavy atom. The van der Waals surface area contributed by atoms with Crippen molar-refractivity contribution in [2.75, 3.05) is 24.2 Å². The number of nitrogens with two attached hydrogens (primary N) is 1. The van der Waals surface area contributed by atoms with Crippen molar-refractivity contribution in [1.29, 1.82) is 0 Å². The molecule has 0 amide bonds. The summed E-state index contributed by atoms with van der Waals surface area (Å²) in [6, 6.07) is 12.3. The maximum absolute atomic E-state index is 6.38. The molecule has 0 atom stereocenters. The number of aryl methyl sites for hydroxylation is 3. The van der Waals surface area contributed by atoms with Gasteiger partial charge >= 0.3 is 0 Å². The van der Waals surface area contributed by atoms with Gasteiger partial charge in [0.05, 0.1) is 17.8 Å². The molecule has 8 heteroatoms. The number of aromatic amines is 1. The maximum Gasteiger partial charge on any atom is 0.224 e. The standard InChI is InChI=1S/C26H29N7O/c1-5-34-19-7-9-22-21(13-19)18(14-29-22)10-11-28-26-30-15(2)24(25(27)31-26)17-6-8-20-16(3)33(4)32-23(20)12-17/h6-9,12-14,29H,5,10-11H2,1-4H3,(H3,27,28,30,31). The van der Waals surface area contributed by atoms with E-state index in [9.17, 15) is 0 Å². The van der Waals surface area contributed by atoms with Gasteiger partial charge in [-0.15, -0.1) is 0 Å². The Morgan fingerprint density at radius 2 is 1.94 bits per heavy atom. The summed E-state index contributed by atoms with van der Waals surface area (Å²) in [5, 5.41) is 10.2. The number of ether oxygens (including phenoxy) is 1. The molecule has 0 aliphatic rings. The van der Waals surface area contributed by atoms with Crippen molar-refractivity contribution in [1.82, 2.24) is 24.7 Å². The van der Waals surface area contributed by atoms with Crippen molar-refractivity contribution in [2.45, 2.75) is 27.2 Å². The van der Waals surface area contributed by atoms with E-state index in [-0.39, 0.29) is 0 Å². The molecule has 0 saturated heterocycles. The Morgan fingerprint density at radius 3 is 2.74 bits per heavy atom. The zero-order valence-corrected chi connectivity index (χ0v) is 19.9. The minimum Gasteiger partial charge on any atom is -0.494 e. The Bertz CT molecular complexity index is 1480. The third-order valence-corrected chi connectivity index (χ3v) is 6.26. The highest BCUT2D eigenvalue weighted by atomic mass is 16.5. The minimum atomic E-state index is 0.454. The Balaban J connectivity index is 1.33. The summed E-state index contributed by atoms with van der Waals surface area (Å²) in [5.41, 5.74) is 13.4. The Hall–Kier alpha value is -4.07. The molecule has 0 radical (unpaired) electrons. The molecular weight excluding hydrogens is 426 g/mol. The summed E-state index contributed by atoms with van der Waals surface area (Å²) in [6.45, 7) is 7.34. The second-order valence-corrected chi connectivity index (χ2v) is 8.46. The van der Waals surface area contributed by atoms with Crippen LogP contribution in [0, 0.1) is 13.8 Å². The molecule has 5 rings (SSSR count). The first-order chi connectivity index (χ1) is 16.4. The highest BCUT2D eigenvalue weighted by Crippen LogP contribution is 2.31. The summed E-state index contributed by atoms with van der Waals surface area (Å²) < 4.78 is 7.54. The number of fused-ring (bicyclic) bond motifs is 2. The number of hydrogen-bond donors (Lipinski definition) is 3. The van der Waals surface area contributed by atoms with Gasteiger partial charge in [0.25, 0.3) is 0 Å². The number of H-pyrrole nitrogens is 1. The summed E-state index contributed by atoms with van der Waals surface area (Å²) in [5.74, 6) is 1.86. The van der Waals surface area contributed by atoms with Crippen molar-refractivity contribution in [3.8, 4) is 16.9 Å². The second kappa shape index (κ2) is 8.70. The lowest BCUT2D eigenvalue weighted by Gasteiger charge is -2.12. The third-order valence-electron chi connectivity index (χ3n) is 6.26. The topological polar surface area (TPSA) is 107 Å². The van der Waals surface area contributed by atoms with E-state index < -0.39 is 0 Å². The number of hydrogen-bond acceptors (Lipinski definition) is 6. The van der Waals surface area contributed by atoms with Crippen LogP contribution in [0.5, 0.6) is 5.75 Å². The van der Waals surface area contributed by atoms with Crippen LogP contribution < -0.4 is 15.8 Å². The van der Waals surface area contributed by atoms with Crippen LogP contribution in [0.15, 0.2) is 42.6 Å². The highest BCUT2D eigenvalue weighted by Gasteiger charge is 2.14. The Labute approximate surface area is 198 Å². The van der Waals surface area contributed by atoms with Crippen LogP contribution in [0.4, 0.5) is 11.8 Å². The fraction of sp³-hybridized carbons (Fsp3) is 0.269. The normalized spacial score (nSPS) is 11.4. The number of nitrogens with zero attached hydrogens (tertiary/aromatic N) is 4. The number of aromatic nitrogens is 5. The lowest BCUT2D eigenvalue weighted by Crippen LogP contribution is -2.10. The third kappa shape index (κ3) is 3.91. The molecular formula is C26H29N7O. The molecule has 3 heterocycles. The molecule has 0 unspecified atom stereocenters. The smallest absolute Gasteiger partial charge is 0.224 e. The lowest BCUT2D eigenvalue weighted by molar-refractivity contribution is 0.340. The summed E-state index contributed by atoms with van der Waals surface area (Å²) in [6.07, 6.45) is 2.86. The van der Waals surface area contributed by atoms with Crippen LogP contribution >= 0.6 is 0 Å². The van der Waals surface area contributed by atoms with Crippen LogP contribution in [0.25, 0.3) is 32.9 Å². The fourth-order valence-corrected chi connectivity index (χ4v) is 4.45. The van der Waals surface area contributed by atoms with Crippen LogP contribution in [0.1, 0.15) is 23.9 Å². The van der Waals surface area contributed by atoms with E-state index in [4.69, 9.17) is 10.5 Å². The van der Waals surface area contributed by atoms with Crippen LogP contribution in [-0.2, 0) is 13.5 Å². The van der Waals surface area contributed by atoms with E-state index in [1.165, 1.54) is 10.9 Å². The van der Waals surface area contributed by atoms with Gasteiger partial charge in [-0.05, 0) is 62.6 Å².